The van der Waals surface area contributed by atoms with Gasteiger partial charge in [-0.25, -0.2) is 4.79 Å². The quantitative estimate of drug-likeness (QED) is 0.367. The molecule has 2 atom stereocenters. The minimum Gasteiger partial charge on any atom is -0.515 e. The largest absolute Gasteiger partial charge is 0.515 e. The molecule has 1 saturated carbocycles. The molecule has 3 heteroatoms. The maximum Gasteiger partial charge on any atom is 0.337 e. The number of aliphatic hydroxyl groups is 1. The molecule has 2 fully saturated rings. The maximum atomic E-state index is 11.5. The number of hydrogen-bond acceptors (Lipinski definition) is 3. The molecule has 0 spiro atoms. The number of hydrogen-bond donors (Lipinski definition) is 1. The number of carbonyl (C=O) groups is 1. The minimum atomic E-state index is -0.360. The van der Waals surface area contributed by atoms with Gasteiger partial charge >= 0.3 is 5.97 Å². The van der Waals surface area contributed by atoms with Gasteiger partial charge in [0.2, 0.25) is 0 Å². The second-order valence-electron chi connectivity index (χ2n) is 5.02. The molecule has 0 aromatic rings. The Hall–Kier alpha value is -0.990. The summed E-state index contributed by atoms with van der Waals surface area (Å²) in [4.78, 5) is 11.5. The highest BCUT2D eigenvalue weighted by Gasteiger charge is 2.60. The van der Waals surface area contributed by atoms with Crippen LogP contribution in [0, 0.1) is 11.3 Å². The molecule has 0 unspecified atom stereocenters. The number of carbonyl (C=O) groups excluding carboxylic acids is 1. The van der Waals surface area contributed by atoms with Crippen molar-refractivity contribution in [2.24, 2.45) is 11.3 Å². The summed E-state index contributed by atoms with van der Waals surface area (Å²) in [6.07, 6.45) is 2.72. The molecule has 0 aromatic carbocycles. The molecule has 0 radical (unpaired) electrons. The van der Waals surface area contributed by atoms with Gasteiger partial charge in [0, 0.05) is 11.3 Å². The average molecular weight is 196 g/mol. The van der Waals surface area contributed by atoms with E-state index in [4.69, 9.17) is 9.84 Å². The van der Waals surface area contributed by atoms with E-state index in [0.717, 1.165) is 19.1 Å². The summed E-state index contributed by atoms with van der Waals surface area (Å²) >= 11 is 0. The zero-order valence-corrected chi connectivity index (χ0v) is 8.83. The van der Waals surface area contributed by atoms with Gasteiger partial charge in [0.15, 0.2) is 0 Å². The SMILES string of the molecule is CC1(C)[C@@H]2CC[C@@]1(C)OC(=O)/C2=C/O. The lowest BCUT2D eigenvalue weighted by Crippen LogP contribution is -2.49. The molecule has 1 aliphatic heterocycles. The van der Waals surface area contributed by atoms with Gasteiger partial charge in [0.25, 0.3) is 0 Å². The Morgan fingerprint density at radius 2 is 2.14 bits per heavy atom. The first kappa shape index (κ1) is 9.56. The average Bonchev–Trinajstić information content (AvgIpc) is 2.26. The fourth-order valence-electron chi connectivity index (χ4n) is 2.75. The molecule has 2 rings (SSSR count). The van der Waals surface area contributed by atoms with Crippen LogP contribution in [0.15, 0.2) is 11.8 Å². The standard InChI is InChI=1S/C11H16O3/c1-10(2)8-4-5-11(10,3)14-9(13)7(8)6-12/h6,8,12H,4-5H2,1-3H3/b7-6+/t8-,11-/m1/s1. The van der Waals surface area contributed by atoms with E-state index in [0.29, 0.717) is 5.57 Å². The highest BCUT2D eigenvalue weighted by molar-refractivity contribution is 5.90. The van der Waals surface area contributed by atoms with Crippen molar-refractivity contribution in [1.82, 2.24) is 0 Å². The molecule has 2 bridgehead atoms. The van der Waals surface area contributed by atoms with Crippen LogP contribution < -0.4 is 0 Å². The van der Waals surface area contributed by atoms with Crippen molar-refractivity contribution >= 4 is 5.97 Å². The molecular formula is C11H16O3. The molecule has 1 saturated heterocycles. The van der Waals surface area contributed by atoms with Gasteiger partial charge in [-0.05, 0) is 19.8 Å². The predicted molar refractivity (Wildman–Crippen MR) is 51.7 cm³/mol. The zero-order chi connectivity index (χ0) is 10.6. The van der Waals surface area contributed by atoms with E-state index in [1.807, 2.05) is 6.92 Å². The van der Waals surface area contributed by atoms with Crippen molar-refractivity contribution in [1.29, 1.82) is 0 Å². The Balaban J connectivity index is 2.48. The van der Waals surface area contributed by atoms with E-state index in [-0.39, 0.29) is 22.9 Å². The van der Waals surface area contributed by atoms with E-state index in [2.05, 4.69) is 13.8 Å². The van der Waals surface area contributed by atoms with Gasteiger partial charge < -0.3 is 9.84 Å². The summed E-state index contributed by atoms with van der Waals surface area (Å²) in [5.41, 5.74) is 0.00137. The number of esters is 1. The highest BCUT2D eigenvalue weighted by Crippen LogP contribution is 2.58. The molecule has 1 N–H and O–H groups in total. The van der Waals surface area contributed by atoms with Crippen LogP contribution >= 0.6 is 0 Å². The molecule has 2 aliphatic rings. The first-order valence-corrected chi connectivity index (χ1v) is 5.00. The summed E-state index contributed by atoms with van der Waals surface area (Å²) in [5.74, 6) is -0.212. The molecule has 1 aliphatic carbocycles. The minimum absolute atomic E-state index is 0.0739. The summed E-state index contributed by atoms with van der Waals surface area (Å²) in [7, 11) is 0. The van der Waals surface area contributed by atoms with Gasteiger partial charge in [-0.15, -0.1) is 0 Å². The Morgan fingerprint density at radius 1 is 1.50 bits per heavy atom. The number of rotatable bonds is 0. The van der Waals surface area contributed by atoms with Crippen LogP contribution in [0.1, 0.15) is 33.6 Å². The van der Waals surface area contributed by atoms with E-state index in [9.17, 15) is 4.79 Å². The number of aliphatic hydroxyl groups excluding tert-OH is 1. The van der Waals surface area contributed by atoms with Crippen molar-refractivity contribution < 1.29 is 14.6 Å². The topological polar surface area (TPSA) is 46.5 Å². The Bertz CT molecular complexity index is 316. The molecule has 0 aromatic heterocycles. The van der Waals surface area contributed by atoms with Crippen molar-refractivity contribution in [2.75, 3.05) is 0 Å². The fourth-order valence-corrected chi connectivity index (χ4v) is 2.75. The second-order valence-corrected chi connectivity index (χ2v) is 5.02. The van der Waals surface area contributed by atoms with Crippen LogP contribution in [-0.4, -0.2) is 16.7 Å². The third-order valence-corrected chi connectivity index (χ3v) is 4.21. The third kappa shape index (κ3) is 0.900. The van der Waals surface area contributed by atoms with E-state index < -0.39 is 0 Å². The predicted octanol–water partition coefficient (Wildman–Crippen LogP) is 2.18. The fraction of sp³-hybridized carbons (Fsp3) is 0.727. The van der Waals surface area contributed by atoms with E-state index >= 15 is 0 Å². The third-order valence-electron chi connectivity index (χ3n) is 4.21. The molecule has 78 valence electrons. The molecule has 3 nitrogen and oxygen atoms in total. The monoisotopic (exact) mass is 196 g/mol. The van der Waals surface area contributed by atoms with Gasteiger partial charge in [-0.3, -0.25) is 0 Å². The second kappa shape index (κ2) is 2.53. The van der Waals surface area contributed by atoms with E-state index in [1.54, 1.807) is 0 Å². The van der Waals surface area contributed by atoms with Crippen LogP contribution in [0.5, 0.6) is 0 Å². The number of fused-ring (bicyclic) bond motifs is 2. The first-order valence-electron chi connectivity index (χ1n) is 5.00. The molecule has 14 heavy (non-hydrogen) atoms. The summed E-state index contributed by atoms with van der Waals surface area (Å²) in [6, 6.07) is 0. The van der Waals surface area contributed by atoms with Gasteiger partial charge in [0.1, 0.15) is 5.60 Å². The van der Waals surface area contributed by atoms with Crippen molar-refractivity contribution in [3.63, 3.8) is 0 Å². The summed E-state index contributed by atoms with van der Waals surface area (Å²) in [5, 5.41) is 9.03. The van der Waals surface area contributed by atoms with Crippen LogP contribution in [0.2, 0.25) is 0 Å². The normalized spacial score (nSPS) is 42.6. The lowest BCUT2D eigenvalue weighted by Gasteiger charge is -2.45. The summed E-state index contributed by atoms with van der Waals surface area (Å²) < 4.78 is 5.42. The Labute approximate surface area is 83.8 Å². The van der Waals surface area contributed by atoms with Crippen LogP contribution in [0.3, 0.4) is 0 Å². The van der Waals surface area contributed by atoms with Crippen LogP contribution in [0.25, 0.3) is 0 Å². The van der Waals surface area contributed by atoms with Crippen LogP contribution in [-0.2, 0) is 9.53 Å². The van der Waals surface area contributed by atoms with Crippen molar-refractivity contribution in [2.45, 2.75) is 39.2 Å². The van der Waals surface area contributed by atoms with Crippen molar-refractivity contribution in [3.05, 3.63) is 11.8 Å². The van der Waals surface area contributed by atoms with Gasteiger partial charge in [0.05, 0.1) is 11.8 Å². The van der Waals surface area contributed by atoms with Crippen LogP contribution in [0.4, 0.5) is 0 Å². The van der Waals surface area contributed by atoms with Gasteiger partial charge in [-0.2, -0.15) is 0 Å². The number of ether oxygens (including phenoxy) is 1. The highest BCUT2D eigenvalue weighted by atomic mass is 16.6. The molecule has 1 heterocycles. The van der Waals surface area contributed by atoms with E-state index in [1.165, 1.54) is 0 Å². The Morgan fingerprint density at radius 3 is 2.71 bits per heavy atom. The molecular weight excluding hydrogens is 180 g/mol. The molecule has 0 amide bonds. The lowest BCUT2D eigenvalue weighted by molar-refractivity contribution is -0.173. The van der Waals surface area contributed by atoms with Crippen molar-refractivity contribution in [3.8, 4) is 0 Å². The maximum absolute atomic E-state index is 11.5. The zero-order valence-electron chi connectivity index (χ0n) is 8.83. The van der Waals surface area contributed by atoms with Gasteiger partial charge in [-0.1, -0.05) is 13.8 Å². The summed E-state index contributed by atoms with van der Waals surface area (Å²) in [6.45, 7) is 6.18. The lowest BCUT2D eigenvalue weighted by atomic mass is 9.69. The smallest absolute Gasteiger partial charge is 0.337 e. The Kier molecular flexibility index (Phi) is 1.72. The first-order chi connectivity index (χ1) is 6.42.